The molecule has 170 valence electrons. The van der Waals surface area contributed by atoms with Crippen molar-refractivity contribution >= 4 is 38.2 Å². The van der Waals surface area contributed by atoms with Gasteiger partial charge in [0.2, 0.25) is 5.91 Å². The molecule has 2 aromatic rings. The van der Waals surface area contributed by atoms with Crippen LogP contribution in [0.2, 0.25) is 0 Å². The van der Waals surface area contributed by atoms with Crippen LogP contribution in [0.5, 0.6) is 0 Å². The number of aliphatic hydroxyl groups excluding tert-OH is 1. The Bertz CT molecular complexity index is 1170. The Morgan fingerprint density at radius 1 is 1.38 bits per heavy atom. The molecule has 1 saturated heterocycles. The number of fused-ring (bicyclic) bond motifs is 1. The van der Waals surface area contributed by atoms with E-state index in [1.807, 2.05) is 18.2 Å². The molecular formula is C22H25N3O5S2. The molecule has 3 N–H and O–H groups in total. The van der Waals surface area contributed by atoms with Gasteiger partial charge >= 0.3 is 0 Å². The third-order valence-corrected chi connectivity index (χ3v) is 7.40. The lowest BCUT2D eigenvalue weighted by Crippen LogP contribution is -2.47. The Morgan fingerprint density at radius 3 is 2.84 bits per heavy atom. The van der Waals surface area contributed by atoms with Gasteiger partial charge in [-0.05, 0) is 43.4 Å². The van der Waals surface area contributed by atoms with Gasteiger partial charge < -0.3 is 5.11 Å². The van der Waals surface area contributed by atoms with Crippen LogP contribution in [0, 0.1) is 35.0 Å². The summed E-state index contributed by atoms with van der Waals surface area (Å²) >= 11 is 1.47. The van der Waals surface area contributed by atoms with E-state index in [1.54, 1.807) is 5.48 Å². The molecule has 8 nitrogen and oxygen atoms in total. The molecule has 0 bridgehead atoms. The van der Waals surface area contributed by atoms with Crippen molar-refractivity contribution in [3.63, 3.8) is 0 Å². The van der Waals surface area contributed by atoms with Crippen molar-refractivity contribution in [3.8, 4) is 23.7 Å². The number of thiol groups is 1. The summed E-state index contributed by atoms with van der Waals surface area (Å²) in [6, 6.07) is 5.68. The van der Waals surface area contributed by atoms with Crippen molar-refractivity contribution in [3.05, 3.63) is 28.8 Å². The number of likely N-dealkylation sites (tertiary alicyclic amines) is 1. The van der Waals surface area contributed by atoms with Gasteiger partial charge in [-0.3, -0.25) is 14.9 Å². The highest BCUT2D eigenvalue weighted by atomic mass is 32.2. The summed E-state index contributed by atoms with van der Waals surface area (Å²) < 4.78 is 23.3. The first kappa shape index (κ1) is 24.2. The van der Waals surface area contributed by atoms with E-state index >= 15 is 0 Å². The zero-order valence-electron chi connectivity index (χ0n) is 17.6. The molecule has 3 rings (SSSR count). The number of nitrogens with one attached hydrogen (secondary N) is 1. The van der Waals surface area contributed by atoms with Gasteiger partial charge in [0.05, 0.1) is 33.0 Å². The summed E-state index contributed by atoms with van der Waals surface area (Å²) in [5, 5.41) is 18.6. The van der Waals surface area contributed by atoms with Gasteiger partial charge in [-0.2, -0.15) is 0 Å². The molecule has 2 heterocycles. The zero-order chi connectivity index (χ0) is 23.1. The SMILES string of the molecule is C[C@](CCc1nc2ccc(C#CC#CC3CN(CCO)C3)cc2s1)(C[SH](=O)=O)C(=O)NO. The number of benzene rings is 1. The fourth-order valence-corrected chi connectivity index (χ4v) is 5.33. The second-order valence-corrected chi connectivity index (χ2v) is 10.1. The van der Waals surface area contributed by atoms with Crippen LogP contribution in [-0.4, -0.2) is 66.5 Å². The fraction of sp³-hybridized carbons (Fsp3) is 0.455. The van der Waals surface area contributed by atoms with E-state index in [1.165, 1.54) is 18.3 Å². The Labute approximate surface area is 192 Å². The Balaban J connectivity index is 1.63. The molecule has 32 heavy (non-hydrogen) atoms. The molecule has 1 amide bonds. The quantitative estimate of drug-likeness (QED) is 0.191. The van der Waals surface area contributed by atoms with Crippen molar-refractivity contribution < 1.29 is 23.5 Å². The number of aryl methyl sites for hydroxylation is 1. The molecule has 1 aromatic carbocycles. The van der Waals surface area contributed by atoms with Gasteiger partial charge in [-0.1, -0.05) is 11.8 Å². The van der Waals surface area contributed by atoms with Gasteiger partial charge in [-0.15, -0.1) is 11.3 Å². The lowest BCUT2D eigenvalue weighted by atomic mass is 9.87. The summed E-state index contributed by atoms with van der Waals surface area (Å²) in [7, 11) is -2.77. The van der Waals surface area contributed by atoms with E-state index in [4.69, 9.17) is 10.3 Å². The monoisotopic (exact) mass is 475 g/mol. The number of hydroxylamine groups is 1. The molecule has 0 unspecified atom stereocenters. The molecule has 1 fully saturated rings. The highest BCUT2D eigenvalue weighted by Gasteiger charge is 2.34. The number of thiazole rings is 1. The van der Waals surface area contributed by atoms with Crippen LogP contribution in [-0.2, 0) is 21.9 Å². The number of aromatic nitrogens is 1. The molecule has 1 aliphatic heterocycles. The van der Waals surface area contributed by atoms with Gasteiger partial charge in [0.25, 0.3) is 0 Å². The minimum atomic E-state index is -2.77. The smallest absolute Gasteiger partial charge is 0.250 e. The van der Waals surface area contributed by atoms with Crippen molar-refractivity contribution in [2.24, 2.45) is 11.3 Å². The van der Waals surface area contributed by atoms with Crippen LogP contribution in [0.4, 0.5) is 0 Å². The fourth-order valence-electron chi connectivity index (χ4n) is 3.45. The molecule has 1 atom stereocenters. The summed E-state index contributed by atoms with van der Waals surface area (Å²) in [5.74, 6) is 11.2. The third-order valence-electron chi connectivity index (χ3n) is 5.37. The van der Waals surface area contributed by atoms with Crippen molar-refractivity contribution in [1.29, 1.82) is 0 Å². The minimum Gasteiger partial charge on any atom is -0.395 e. The molecule has 0 saturated carbocycles. The number of rotatable bonds is 8. The zero-order valence-corrected chi connectivity index (χ0v) is 19.3. The molecule has 0 spiro atoms. The topological polar surface area (TPSA) is 120 Å². The van der Waals surface area contributed by atoms with Crippen LogP contribution in [0.15, 0.2) is 18.2 Å². The number of carbonyl (C=O) groups excluding carboxylic acids is 1. The average Bonchev–Trinajstić information content (AvgIpc) is 3.14. The maximum absolute atomic E-state index is 12.0. The average molecular weight is 476 g/mol. The van der Waals surface area contributed by atoms with Gasteiger partial charge in [0, 0.05) is 37.5 Å². The second-order valence-electron chi connectivity index (χ2n) is 7.98. The molecule has 10 heteroatoms. The summed E-state index contributed by atoms with van der Waals surface area (Å²) in [6.07, 6.45) is 0.648. The Hall–Kier alpha value is -2.47. The number of carbonyl (C=O) groups is 1. The number of nitrogens with zero attached hydrogens (tertiary/aromatic N) is 2. The van der Waals surface area contributed by atoms with Gasteiger partial charge in [0.1, 0.15) is 10.7 Å². The third kappa shape index (κ3) is 6.28. The Kier molecular flexibility index (Phi) is 8.24. The largest absolute Gasteiger partial charge is 0.395 e. The first-order valence-corrected chi connectivity index (χ1v) is 12.3. The number of amides is 1. The van der Waals surface area contributed by atoms with Crippen LogP contribution in [0.3, 0.4) is 0 Å². The van der Waals surface area contributed by atoms with Crippen LogP contribution in [0.1, 0.15) is 23.9 Å². The predicted molar refractivity (Wildman–Crippen MR) is 123 cm³/mol. The lowest BCUT2D eigenvalue weighted by Gasteiger charge is -2.35. The number of hydrogen-bond acceptors (Lipinski definition) is 8. The first-order valence-electron chi connectivity index (χ1n) is 10.1. The standard InChI is InChI=1S/C22H25N3O5S2/c1-22(15-32(29)30,21(27)24-28)9-8-20-23-18-7-6-16(12-19(18)31-20)4-2-3-5-17-13-25(14-17)10-11-26/h6-7,12,17,26,28,32H,8-11,13-15H2,1H3,(H,24,27)/t22-/m0/s1. The first-order chi connectivity index (χ1) is 15.3. The van der Waals surface area contributed by atoms with E-state index in [2.05, 4.69) is 33.6 Å². The van der Waals surface area contributed by atoms with Gasteiger partial charge in [-0.25, -0.2) is 18.9 Å². The molecule has 0 aliphatic carbocycles. The highest BCUT2D eigenvalue weighted by molar-refractivity contribution is 7.72. The summed E-state index contributed by atoms with van der Waals surface area (Å²) in [5.41, 5.74) is 1.97. The van der Waals surface area contributed by atoms with Crippen molar-refractivity contribution in [1.82, 2.24) is 15.4 Å². The van der Waals surface area contributed by atoms with Crippen LogP contribution in [0.25, 0.3) is 10.2 Å². The van der Waals surface area contributed by atoms with E-state index in [0.717, 1.165) is 33.9 Å². The molecule has 1 aromatic heterocycles. The Morgan fingerprint density at radius 2 is 2.16 bits per heavy atom. The highest BCUT2D eigenvalue weighted by Crippen LogP contribution is 2.29. The molecular weight excluding hydrogens is 450 g/mol. The maximum Gasteiger partial charge on any atom is 0.250 e. The number of β-amino-alcohol motifs (C(OH)–C–C–N with tert-alkyl or cyclic N) is 1. The van der Waals surface area contributed by atoms with E-state index in [0.29, 0.717) is 18.9 Å². The maximum atomic E-state index is 12.0. The van der Waals surface area contributed by atoms with Crippen LogP contribution >= 0.6 is 11.3 Å². The van der Waals surface area contributed by atoms with E-state index in [-0.39, 0.29) is 18.8 Å². The van der Waals surface area contributed by atoms with E-state index < -0.39 is 22.0 Å². The van der Waals surface area contributed by atoms with Gasteiger partial charge in [0.15, 0.2) is 0 Å². The number of aliphatic hydroxyl groups is 1. The molecule has 0 radical (unpaired) electrons. The minimum absolute atomic E-state index is 0.167. The summed E-state index contributed by atoms with van der Waals surface area (Å²) in [6.45, 7) is 4.11. The van der Waals surface area contributed by atoms with Crippen molar-refractivity contribution in [2.45, 2.75) is 19.8 Å². The second kappa shape index (κ2) is 10.9. The molecule has 1 aliphatic rings. The summed E-state index contributed by atoms with van der Waals surface area (Å²) in [4.78, 5) is 18.7. The van der Waals surface area contributed by atoms with Crippen molar-refractivity contribution in [2.75, 3.05) is 32.0 Å². The van der Waals surface area contributed by atoms with Crippen LogP contribution < -0.4 is 5.48 Å². The van der Waals surface area contributed by atoms with E-state index in [9.17, 15) is 13.2 Å². The lowest BCUT2D eigenvalue weighted by molar-refractivity contribution is -0.138. The number of hydrogen-bond donors (Lipinski definition) is 4. The normalized spacial score (nSPS) is 15.9. The predicted octanol–water partition coefficient (Wildman–Crippen LogP) is 0.631.